The number of nitrogens with zero attached hydrogens (tertiary/aromatic N) is 1. The lowest BCUT2D eigenvalue weighted by Crippen LogP contribution is -2.32. The first kappa shape index (κ1) is 30.9. The van der Waals surface area contributed by atoms with Gasteiger partial charge in [0.1, 0.15) is 11.5 Å². The van der Waals surface area contributed by atoms with E-state index >= 15 is 0 Å². The Labute approximate surface area is 316 Å². The molecule has 11 rings (SSSR count). The van der Waals surface area contributed by atoms with E-state index in [1.807, 2.05) is 0 Å². The van der Waals surface area contributed by atoms with Crippen LogP contribution in [-0.4, -0.2) is 0 Å². The summed E-state index contributed by atoms with van der Waals surface area (Å²) >= 11 is 0. The van der Waals surface area contributed by atoms with Crippen molar-refractivity contribution in [3.8, 4) is 44.9 Å². The van der Waals surface area contributed by atoms with E-state index in [0.717, 1.165) is 28.6 Å². The highest BCUT2D eigenvalue weighted by atomic mass is 16.5. The summed E-state index contributed by atoms with van der Waals surface area (Å²) in [5.74, 6) is 1.81. The van der Waals surface area contributed by atoms with Gasteiger partial charge in [0.2, 0.25) is 0 Å². The van der Waals surface area contributed by atoms with Crippen molar-refractivity contribution in [2.75, 3.05) is 4.90 Å². The molecular weight excluding hydrogens is 655 g/mol. The van der Waals surface area contributed by atoms with Gasteiger partial charge in [-0.15, -0.1) is 0 Å². The van der Waals surface area contributed by atoms with Crippen LogP contribution in [0.2, 0.25) is 0 Å². The molecule has 0 unspecified atom stereocenters. The lowest BCUT2D eigenvalue weighted by molar-refractivity contribution is 0.436. The normalized spacial score (nSPS) is 14.6. The zero-order chi connectivity index (χ0) is 36.0. The monoisotopic (exact) mass is 691 g/mol. The van der Waals surface area contributed by atoms with E-state index in [4.69, 9.17) is 4.74 Å². The second-order valence-corrected chi connectivity index (χ2v) is 15.3. The molecule has 8 aromatic carbocycles. The molecule has 0 saturated carbocycles. The summed E-state index contributed by atoms with van der Waals surface area (Å²) in [4.78, 5) is 2.44. The molecule has 8 aromatic rings. The molecule has 2 aliphatic carbocycles. The van der Waals surface area contributed by atoms with Gasteiger partial charge in [-0.05, 0) is 104 Å². The van der Waals surface area contributed by atoms with E-state index in [1.165, 1.54) is 66.8 Å². The van der Waals surface area contributed by atoms with Crippen LogP contribution in [0.25, 0.3) is 33.4 Å². The predicted molar refractivity (Wildman–Crippen MR) is 222 cm³/mol. The lowest BCUT2D eigenvalue weighted by Gasteiger charge is -2.39. The molecule has 0 amide bonds. The number of fused-ring (bicyclic) bond motifs is 12. The molecule has 2 heteroatoms. The number of benzene rings is 8. The fourth-order valence-electron chi connectivity index (χ4n) is 9.70. The first-order valence-electron chi connectivity index (χ1n) is 18.8. The van der Waals surface area contributed by atoms with E-state index in [0.29, 0.717) is 0 Å². The van der Waals surface area contributed by atoms with Crippen LogP contribution in [0.15, 0.2) is 188 Å². The molecule has 0 aromatic heterocycles. The van der Waals surface area contributed by atoms with Gasteiger partial charge in [0.25, 0.3) is 0 Å². The highest BCUT2D eigenvalue weighted by Gasteiger charge is 2.51. The number of hydrogen-bond acceptors (Lipinski definition) is 2. The maximum absolute atomic E-state index is 6.58. The average Bonchev–Trinajstić information content (AvgIpc) is 3.64. The van der Waals surface area contributed by atoms with E-state index < -0.39 is 5.41 Å². The molecule has 1 spiro atoms. The average molecular weight is 692 g/mol. The summed E-state index contributed by atoms with van der Waals surface area (Å²) in [6.45, 7) is 4.71. The number of anilines is 3. The van der Waals surface area contributed by atoms with Crippen molar-refractivity contribution >= 4 is 17.1 Å². The third-order valence-corrected chi connectivity index (χ3v) is 12.1. The van der Waals surface area contributed by atoms with Crippen LogP contribution in [0.4, 0.5) is 17.1 Å². The highest BCUT2D eigenvalue weighted by Crippen LogP contribution is 2.62. The van der Waals surface area contributed by atoms with Crippen LogP contribution in [0.5, 0.6) is 11.5 Å². The van der Waals surface area contributed by atoms with Crippen LogP contribution in [0.3, 0.4) is 0 Å². The molecule has 54 heavy (non-hydrogen) atoms. The third-order valence-electron chi connectivity index (χ3n) is 12.1. The van der Waals surface area contributed by atoms with Gasteiger partial charge in [-0.2, -0.15) is 0 Å². The van der Waals surface area contributed by atoms with Gasteiger partial charge >= 0.3 is 0 Å². The zero-order valence-corrected chi connectivity index (χ0v) is 30.3. The number of para-hydroxylation sites is 2. The van der Waals surface area contributed by atoms with Crippen LogP contribution in [0.1, 0.15) is 47.2 Å². The van der Waals surface area contributed by atoms with Crippen molar-refractivity contribution in [3.05, 3.63) is 221 Å². The third kappa shape index (κ3) is 4.22. The van der Waals surface area contributed by atoms with Gasteiger partial charge < -0.3 is 9.64 Å². The Morgan fingerprint density at radius 2 is 0.833 bits per heavy atom. The van der Waals surface area contributed by atoms with Crippen molar-refractivity contribution in [2.24, 2.45) is 0 Å². The Hall–Kier alpha value is -6.64. The molecule has 2 nitrogen and oxygen atoms in total. The second kappa shape index (κ2) is 11.4. The van der Waals surface area contributed by atoms with E-state index in [9.17, 15) is 0 Å². The number of ether oxygens (including phenoxy) is 1. The van der Waals surface area contributed by atoms with Gasteiger partial charge in [0.15, 0.2) is 0 Å². The van der Waals surface area contributed by atoms with Crippen LogP contribution < -0.4 is 9.64 Å². The smallest absolute Gasteiger partial charge is 0.132 e. The SMILES string of the molecule is CC1(C)c2ccccc2-c2ccc(N(c3ccc(-c4ccccc4)cc3)c3ccc4c(c3)-c3ccccc3C43c4ccccc4Oc4ccccc43)cc21. The van der Waals surface area contributed by atoms with Gasteiger partial charge in [0.05, 0.1) is 5.41 Å². The summed E-state index contributed by atoms with van der Waals surface area (Å²) in [5, 5.41) is 0. The minimum Gasteiger partial charge on any atom is -0.457 e. The maximum atomic E-state index is 6.58. The van der Waals surface area contributed by atoms with Crippen LogP contribution in [-0.2, 0) is 10.8 Å². The molecule has 0 fully saturated rings. The summed E-state index contributed by atoms with van der Waals surface area (Å²) in [6, 6.07) is 68.8. The molecule has 0 radical (unpaired) electrons. The summed E-state index contributed by atoms with van der Waals surface area (Å²) in [6.07, 6.45) is 0. The Morgan fingerprint density at radius 3 is 1.54 bits per heavy atom. The molecule has 0 N–H and O–H groups in total. The minimum atomic E-state index is -0.499. The quantitative estimate of drug-likeness (QED) is 0.182. The van der Waals surface area contributed by atoms with Gasteiger partial charge in [-0.3, -0.25) is 0 Å². The Balaban J connectivity index is 1.13. The predicted octanol–water partition coefficient (Wildman–Crippen LogP) is 13.6. The van der Waals surface area contributed by atoms with Crippen molar-refractivity contribution in [2.45, 2.75) is 24.7 Å². The number of rotatable bonds is 4. The summed E-state index contributed by atoms with van der Waals surface area (Å²) < 4.78 is 6.58. The fraction of sp³-hybridized carbons (Fsp3) is 0.0769. The Bertz CT molecular complexity index is 2730. The topological polar surface area (TPSA) is 12.5 Å². The molecule has 0 atom stereocenters. The number of hydrogen-bond donors (Lipinski definition) is 0. The molecule has 0 saturated heterocycles. The summed E-state index contributed by atoms with van der Waals surface area (Å²) in [5.41, 5.74) is 18.0. The van der Waals surface area contributed by atoms with E-state index in [-0.39, 0.29) is 5.41 Å². The van der Waals surface area contributed by atoms with Gasteiger partial charge in [-0.1, -0.05) is 153 Å². The van der Waals surface area contributed by atoms with Gasteiger partial charge in [0, 0.05) is 33.6 Å². The van der Waals surface area contributed by atoms with Crippen LogP contribution in [0, 0.1) is 0 Å². The molecule has 3 aliphatic rings. The Morgan fingerprint density at radius 1 is 0.352 bits per heavy atom. The fourth-order valence-corrected chi connectivity index (χ4v) is 9.70. The van der Waals surface area contributed by atoms with Crippen molar-refractivity contribution < 1.29 is 4.74 Å². The lowest BCUT2D eigenvalue weighted by atomic mass is 9.66. The second-order valence-electron chi connectivity index (χ2n) is 15.3. The standard InChI is InChI=1S/C52H37NO/c1-51(2)43-18-8-6-16-39(43)41-30-28-38(33-48(41)51)53(36-26-24-35(25-27-36)34-14-4-3-5-15-34)37-29-31-45-42(32-37)40-17-7-9-19-44(40)52(45)46-20-10-12-22-49(46)54-50-23-13-11-21-47(50)52/h3-33H,1-2H3. The molecule has 0 bridgehead atoms. The first-order chi connectivity index (χ1) is 26.5. The Kier molecular flexibility index (Phi) is 6.55. The van der Waals surface area contributed by atoms with E-state index in [1.54, 1.807) is 0 Å². The molecule has 1 aliphatic heterocycles. The largest absolute Gasteiger partial charge is 0.457 e. The molecular formula is C52H37NO. The molecule has 256 valence electrons. The van der Waals surface area contributed by atoms with Crippen molar-refractivity contribution in [1.29, 1.82) is 0 Å². The van der Waals surface area contributed by atoms with E-state index in [2.05, 4.69) is 207 Å². The van der Waals surface area contributed by atoms with Crippen molar-refractivity contribution in [1.82, 2.24) is 0 Å². The zero-order valence-electron chi connectivity index (χ0n) is 30.3. The van der Waals surface area contributed by atoms with Gasteiger partial charge in [-0.25, -0.2) is 0 Å². The maximum Gasteiger partial charge on any atom is 0.132 e. The first-order valence-corrected chi connectivity index (χ1v) is 18.8. The van der Waals surface area contributed by atoms with Crippen LogP contribution >= 0.6 is 0 Å². The summed E-state index contributed by atoms with van der Waals surface area (Å²) in [7, 11) is 0. The van der Waals surface area contributed by atoms with Crippen molar-refractivity contribution in [3.63, 3.8) is 0 Å². The molecule has 1 heterocycles. The minimum absolute atomic E-state index is 0.113. The highest BCUT2D eigenvalue weighted by molar-refractivity contribution is 5.92.